The summed E-state index contributed by atoms with van der Waals surface area (Å²) in [5.41, 5.74) is 4.18. The molecule has 0 aliphatic carbocycles. The van der Waals surface area contributed by atoms with E-state index in [9.17, 15) is 4.79 Å². The molecule has 4 rings (SSSR count). The van der Waals surface area contributed by atoms with Crippen molar-refractivity contribution in [2.45, 2.75) is 38.8 Å². The molecule has 2 aromatic rings. The molecule has 2 fully saturated rings. The minimum Gasteiger partial charge on any atom is -0.377 e. The number of nitrogens with one attached hydrogen (secondary N) is 1. The van der Waals surface area contributed by atoms with Crippen LogP contribution in [0.2, 0.25) is 0 Å². The maximum atomic E-state index is 13.4. The topological polar surface area (TPSA) is 44.8 Å². The van der Waals surface area contributed by atoms with Gasteiger partial charge >= 0.3 is 0 Å². The van der Waals surface area contributed by atoms with Crippen molar-refractivity contribution in [1.29, 1.82) is 0 Å². The number of aryl methyl sites for hydroxylation is 2. The fraction of sp³-hybridized carbons (Fsp3) is 0.480. The van der Waals surface area contributed by atoms with E-state index in [1.807, 2.05) is 25.1 Å². The number of benzene rings is 2. The lowest BCUT2D eigenvalue weighted by Crippen LogP contribution is -2.51. The Kier molecular flexibility index (Phi) is 6.82. The number of hydrogen-bond acceptors (Lipinski definition) is 4. The Bertz CT molecular complexity index is 841. The van der Waals surface area contributed by atoms with E-state index in [0.717, 1.165) is 61.7 Å². The second kappa shape index (κ2) is 9.73. The molecule has 2 aliphatic rings. The van der Waals surface area contributed by atoms with Crippen LogP contribution in [-0.2, 0) is 9.53 Å². The summed E-state index contributed by atoms with van der Waals surface area (Å²) in [6, 6.07) is 16.1. The van der Waals surface area contributed by atoms with Crippen molar-refractivity contribution in [3.63, 3.8) is 0 Å². The van der Waals surface area contributed by atoms with Gasteiger partial charge in [0.05, 0.1) is 6.10 Å². The van der Waals surface area contributed by atoms with Gasteiger partial charge in [0.25, 0.3) is 0 Å². The molecule has 5 heteroatoms. The third-order valence-electron chi connectivity index (χ3n) is 6.27. The van der Waals surface area contributed by atoms with E-state index in [2.05, 4.69) is 52.4 Å². The molecule has 2 aliphatic heterocycles. The van der Waals surface area contributed by atoms with Gasteiger partial charge in [0.2, 0.25) is 5.91 Å². The average molecular weight is 408 g/mol. The van der Waals surface area contributed by atoms with Crippen LogP contribution in [0.3, 0.4) is 0 Å². The van der Waals surface area contributed by atoms with Crippen molar-refractivity contribution >= 4 is 11.6 Å². The van der Waals surface area contributed by atoms with Gasteiger partial charge < -0.3 is 10.1 Å². The monoisotopic (exact) mass is 407 g/mol. The lowest BCUT2D eigenvalue weighted by atomic mass is 10.0. The predicted molar refractivity (Wildman–Crippen MR) is 121 cm³/mol. The molecule has 0 unspecified atom stereocenters. The van der Waals surface area contributed by atoms with Crippen molar-refractivity contribution in [2.24, 2.45) is 0 Å². The van der Waals surface area contributed by atoms with Gasteiger partial charge in [-0.15, -0.1) is 0 Å². The quantitative estimate of drug-likeness (QED) is 0.792. The van der Waals surface area contributed by atoms with Gasteiger partial charge in [0, 0.05) is 45.0 Å². The Hall–Kier alpha value is -2.21. The zero-order chi connectivity index (χ0) is 20.9. The van der Waals surface area contributed by atoms with Crippen LogP contribution in [-0.4, -0.2) is 61.1 Å². The smallest absolute Gasteiger partial charge is 0.246 e. The molecule has 0 spiro atoms. The highest BCUT2D eigenvalue weighted by Gasteiger charge is 2.31. The van der Waals surface area contributed by atoms with Gasteiger partial charge in [-0.2, -0.15) is 0 Å². The molecule has 0 saturated carbocycles. The van der Waals surface area contributed by atoms with Crippen molar-refractivity contribution in [3.8, 4) is 0 Å². The number of carbonyl (C=O) groups excluding carboxylic acids is 1. The second-order valence-electron chi connectivity index (χ2n) is 8.59. The maximum absolute atomic E-state index is 13.4. The molecular formula is C25H33N3O2. The number of anilines is 1. The summed E-state index contributed by atoms with van der Waals surface area (Å²) < 4.78 is 5.81. The minimum atomic E-state index is -0.281. The normalized spacial score (nSPS) is 21.5. The summed E-state index contributed by atoms with van der Waals surface area (Å²) in [5, 5.41) is 3.20. The van der Waals surface area contributed by atoms with Gasteiger partial charge in [-0.1, -0.05) is 42.5 Å². The Morgan fingerprint density at radius 1 is 1.10 bits per heavy atom. The molecule has 5 nitrogen and oxygen atoms in total. The number of hydrogen-bond donors (Lipinski definition) is 1. The number of carbonyl (C=O) groups is 1. The highest BCUT2D eigenvalue weighted by molar-refractivity contribution is 5.96. The summed E-state index contributed by atoms with van der Waals surface area (Å²) in [7, 11) is 0. The highest BCUT2D eigenvalue weighted by Crippen LogP contribution is 2.26. The zero-order valence-electron chi connectivity index (χ0n) is 18.1. The SMILES string of the molecule is Cc1ccc(C)c(NC(=O)[C@H](c2ccccc2)N2CCN(C[C@@H]3CCCO3)CC2)c1. The van der Waals surface area contributed by atoms with Crippen LogP contribution in [0.4, 0.5) is 5.69 Å². The molecule has 1 N–H and O–H groups in total. The minimum absolute atomic E-state index is 0.0440. The Labute approximate surface area is 180 Å². The predicted octanol–water partition coefficient (Wildman–Crippen LogP) is 3.78. The van der Waals surface area contributed by atoms with Crippen LogP contribution in [0, 0.1) is 13.8 Å². The average Bonchev–Trinajstić information content (AvgIpc) is 3.26. The Morgan fingerprint density at radius 3 is 2.57 bits per heavy atom. The van der Waals surface area contributed by atoms with Gasteiger partial charge in [0.15, 0.2) is 0 Å². The third-order valence-corrected chi connectivity index (χ3v) is 6.27. The van der Waals surface area contributed by atoms with Crippen LogP contribution < -0.4 is 5.32 Å². The first kappa shape index (κ1) is 21.0. The lowest BCUT2D eigenvalue weighted by molar-refractivity contribution is -0.122. The first-order valence-corrected chi connectivity index (χ1v) is 11.1. The first-order valence-electron chi connectivity index (χ1n) is 11.1. The van der Waals surface area contributed by atoms with Crippen LogP contribution in [0.1, 0.15) is 35.6 Å². The van der Waals surface area contributed by atoms with E-state index in [-0.39, 0.29) is 11.9 Å². The van der Waals surface area contributed by atoms with Crippen LogP contribution in [0.5, 0.6) is 0 Å². The molecular weight excluding hydrogens is 374 g/mol. The molecule has 1 amide bonds. The summed E-state index contributed by atoms with van der Waals surface area (Å²) in [6.07, 6.45) is 2.73. The molecule has 0 bridgehead atoms. The van der Waals surface area contributed by atoms with Crippen molar-refractivity contribution in [2.75, 3.05) is 44.6 Å². The summed E-state index contributed by atoms with van der Waals surface area (Å²) in [6.45, 7) is 9.71. The molecule has 0 radical (unpaired) electrons. The number of rotatable bonds is 6. The molecule has 30 heavy (non-hydrogen) atoms. The number of piperazine rings is 1. The fourth-order valence-electron chi connectivity index (χ4n) is 4.52. The third kappa shape index (κ3) is 5.09. The molecule has 2 atom stereocenters. The van der Waals surface area contributed by atoms with E-state index in [4.69, 9.17) is 4.74 Å². The Morgan fingerprint density at radius 2 is 1.87 bits per heavy atom. The number of amides is 1. The number of ether oxygens (including phenoxy) is 1. The van der Waals surface area contributed by atoms with Gasteiger partial charge in [0.1, 0.15) is 6.04 Å². The number of nitrogens with zero attached hydrogens (tertiary/aromatic N) is 2. The van der Waals surface area contributed by atoms with E-state index in [1.54, 1.807) is 0 Å². The van der Waals surface area contributed by atoms with E-state index in [1.165, 1.54) is 12.8 Å². The molecule has 160 valence electrons. The summed E-state index contributed by atoms with van der Waals surface area (Å²) >= 11 is 0. The molecule has 2 aromatic carbocycles. The van der Waals surface area contributed by atoms with E-state index >= 15 is 0 Å². The molecule has 2 saturated heterocycles. The lowest BCUT2D eigenvalue weighted by Gasteiger charge is -2.39. The Balaban J connectivity index is 1.46. The zero-order valence-corrected chi connectivity index (χ0v) is 18.1. The molecule has 2 heterocycles. The van der Waals surface area contributed by atoms with Gasteiger partial charge in [-0.05, 0) is 49.4 Å². The van der Waals surface area contributed by atoms with Crippen LogP contribution in [0.25, 0.3) is 0 Å². The van der Waals surface area contributed by atoms with Gasteiger partial charge in [-0.25, -0.2) is 0 Å². The van der Waals surface area contributed by atoms with Gasteiger partial charge in [-0.3, -0.25) is 14.6 Å². The first-order chi connectivity index (χ1) is 14.6. The maximum Gasteiger partial charge on any atom is 0.246 e. The van der Waals surface area contributed by atoms with E-state index < -0.39 is 0 Å². The van der Waals surface area contributed by atoms with Crippen LogP contribution in [0.15, 0.2) is 48.5 Å². The summed E-state index contributed by atoms with van der Waals surface area (Å²) in [5.74, 6) is 0.0440. The highest BCUT2D eigenvalue weighted by atomic mass is 16.5. The summed E-state index contributed by atoms with van der Waals surface area (Å²) in [4.78, 5) is 18.3. The molecule has 0 aromatic heterocycles. The van der Waals surface area contributed by atoms with Crippen LogP contribution >= 0.6 is 0 Å². The fourth-order valence-corrected chi connectivity index (χ4v) is 4.52. The van der Waals surface area contributed by atoms with Crippen molar-refractivity contribution in [1.82, 2.24) is 9.80 Å². The second-order valence-corrected chi connectivity index (χ2v) is 8.59. The standard InChI is InChI=1S/C25H33N3O2/c1-19-10-11-20(2)23(17-19)26-25(29)24(21-7-4-3-5-8-21)28-14-12-27(13-15-28)18-22-9-6-16-30-22/h3-5,7-8,10-11,17,22,24H,6,9,12-16,18H2,1-2H3,(H,26,29)/t22-,24-/m0/s1. The largest absolute Gasteiger partial charge is 0.377 e. The van der Waals surface area contributed by atoms with Crippen molar-refractivity contribution < 1.29 is 9.53 Å². The van der Waals surface area contributed by atoms with E-state index in [0.29, 0.717) is 6.10 Å². The van der Waals surface area contributed by atoms with Crippen molar-refractivity contribution in [3.05, 3.63) is 65.2 Å².